The number of aliphatic imine (C=N–C) groups is 6. The third-order valence-electron chi connectivity index (χ3n) is 9.13. The van der Waals surface area contributed by atoms with Crippen LogP contribution in [0.15, 0.2) is 96.5 Å². The van der Waals surface area contributed by atoms with E-state index in [9.17, 15) is 20.4 Å². The number of nitrogens with zero attached hydrogens (tertiary/aromatic N) is 12. The predicted octanol–water partition coefficient (Wildman–Crippen LogP) is -14.6. The van der Waals surface area contributed by atoms with Crippen molar-refractivity contribution in [1.29, 1.82) is 0 Å². The quantitative estimate of drug-likeness (QED) is 0.100. The van der Waals surface area contributed by atoms with E-state index in [4.69, 9.17) is 39.9 Å². The summed E-state index contributed by atoms with van der Waals surface area (Å²) in [7, 11) is 0. The number of rotatable bonds is 8. The Morgan fingerprint density at radius 2 is 0.930 bits per heavy atom. The predicted molar refractivity (Wildman–Crippen MR) is 188 cm³/mol. The normalized spacial score (nSPS) is 14.6. The van der Waals surface area contributed by atoms with Crippen LogP contribution >= 0.6 is 0 Å². The molecule has 9 rings (SSSR count). The van der Waals surface area contributed by atoms with Gasteiger partial charge in [0, 0.05) is 70.4 Å². The van der Waals surface area contributed by atoms with E-state index < -0.39 is 0 Å². The Balaban J connectivity index is 0.00000144. The molecular formula is C36H32CoI4N12O4. The van der Waals surface area contributed by atoms with Crippen molar-refractivity contribution in [2.75, 3.05) is 33.0 Å². The van der Waals surface area contributed by atoms with Crippen LogP contribution in [0.25, 0.3) is 12.3 Å². The molecule has 0 aromatic carbocycles. The first-order valence-electron chi connectivity index (χ1n) is 16.8. The van der Waals surface area contributed by atoms with Crippen molar-refractivity contribution in [1.82, 2.24) is 9.88 Å². The van der Waals surface area contributed by atoms with Crippen LogP contribution in [0, 0.1) is 0 Å². The minimum atomic E-state index is -0.0429. The smallest absolute Gasteiger partial charge is 1.00 e. The van der Waals surface area contributed by atoms with Crippen molar-refractivity contribution in [2.45, 2.75) is 19.6 Å². The molecule has 0 aliphatic carbocycles. The van der Waals surface area contributed by atoms with Crippen molar-refractivity contribution in [3.63, 3.8) is 0 Å². The first-order valence-corrected chi connectivity index (χ1v) is 16.8. The molecule has 0 saturated carbocycles. The first-order chi connectivity index (χ1) is 25.5. The van der Waals surface area contributed by atoms with Gasteiger partial charge in [0.1, 0.15) is 25.7 Å². The number of hydrogen-bond acceptors (Lipinski definition) is 12. The number of fused-ring (bicyclic) bond motifs is 17. The molecule has 8 bridgehead atoms. The number of β-amino-alcohol motifs (C(OH)–C–C–N with tert-alkyl or cyclic N) is 1. The van der Waals surface area contributed by atoms with Gasteiger partial charge in [0.05, 0.1) is 29.1 Å². The first kappa shape index (κ1) is 46.9. The molecule has 21 heteroatoms. The van der Waals surface area contributed by atoms with Gasteiger partial charge in [-0.1, -0.05) is 0 Å². The Labute approximate surface area is 404 Å². The van der Waals surface area contributed by atoms with Crippen LogP contribution < -0.4 is 125 Å². The van der Waals surface area contributed by atoms with E-state index >= 15 is 0 Å². The second-order valence-corrected chi connectivity index (χ2v) is 12.4. The fraction of sp³-hybridized carbons (Fsp3) is 0.222. The van der Waals surface area contributed by atoms with E-state index in [1.807, 2.05) is 92.5 Å². The van der Waals surface area contributed by atoms with Crippen LogP contribution in [-0.2, 0) is 36.4 Å². The monoisotopic (exact) mass is 1260 g/mol. The van der Waals surface area contributed by atoms with E-state index in [0.717, 1.165) is 22.3 Å². The minimum Gasteiger partial charge on any atom is -1.00 e. The molecule has 1 radical (unpaired) electrons. The van der Waals surface area contributed by atoms with E-state index in [1.54, 1.807) is 0 Å². The molecule has 0 unspecified atom stereocenters. The molecule has 4 aromatic rings. The van der Waals surface area contributed by atoms with Crippen LogP contribution in [0.5, 0.6) is 0 Å². The number of aromatic nitrogens is 4. The topological polar surface area (TPSA) is 196 Å². The molecule has 0 fully saturated rings. The molecule has 9 heterocycles. The number of aliphatic hydroxyl groups excluding tert-OH is 4. The zero-order valence-corrected chi connectivity index (χ0v) is 39.3. The standard InChI is InChI=1S/C36H32N12O4.Co.4HI/c49-13-9-45-5-1-21-25(17-45)33-37-29(21)41-34-26-18-46(10-14-50)6-2-22(26)31(38-34)43-36-28-20-48(12-16-52)8-4-24(28)32(40-36)44-35-27-19-47(11-15-51)7-3-23(27)30(39-35)42-33;;;;;/h1-8,17-20,49-52H,9-16H2;;4*1H/q2*+2;;;;/p-4. The van der Waals surface area contributed by atoms with Gasteiger partial charge in [0.15, 0.2) is 80.2 Å². The second-order valence-electron chi connectivity index (χ2n) is 12.4. The van der Waals surface area contributed by atoms with Crippen LogP contribution in [0.3, 0.4) is 0 Å². The summed E-state index contributed by atoms with van der Waals surface area (Å²) in [5, 5.41) is 39.5. The molecule has 0 spiro atoms. The Morgan fingerprint density at radius 1 is 0.526 bits per heavy atom. The van der Waals surface area contributed by atoms with Crippen LogP contribution in [0.4, 0.5) is 5.82 Å². The molecule has 0 atom stereocenters. The molecule has 5 aliphatic rings. The molecule has 0 saturated heterocycles. The van der Waals surface area contributed by atoms with Gasteiger partial charge < -0.3 is 136 Å². The summed E-state index contributed by atoms with van der Waals surface area (Å²) in [5.74, 6) is 2.73. The van der Waals surface area contributed by atoms with E-state index in [2.05, 4.69) is 0 Å². The Bertz CT molecular complexity index is 2570. The summed E-state index contributed by atoms with van der Waals surface area (Å²) in [4.78, 5) is 41.6. The van der Waals surface area contributed by atoms with Gasteiger partial charge in [-0.3, -0.25) is 0 Å². The van der Waals surface area contributed by atoms with E-state index in [-0.39, 0.29) is 139 Å². The maximum Gasteiger partial charge on any atom is 2.00 e. The number of halogens is 4. The van der Waals surface area contributed by atoms with Crippen molar-refractivity contribution in [3.8, 4) is 0 Å². The molecule has 5 aliphatic heterocycles. The zero-order chi connectivity index (χ0) is 35.3. The van der Waals surface area contributed by atoms with Crippen molar-refractivity contribution < 1.29 is 147 Å². The summed E-state index contributed by atoms with van der Waals surface area (Å²) in [5.41, 5.74) is 5.43. The molecule has 57 heavy (non-hydrogen) atoms. The fourth-order valence-electron chi connectivity index (χ4n) is 6.63. The van der Waals surface area contributed by atoms with Gasteiger partial charge in [-0.25, -0.2) is 38.7 Å². The van der Waals surface area contributed by atoms with Gasteiger partial charge in [-0.2, -0.15) is 0 Å². The zero-order valence-electron chi connectivity index (χ0n) is 29.6. The summed E-state index contributed by atoms with van der Waals surface area (Å²) >= 11 is 0. The maximum absolute atomic E-state index is 9.69. The summed E-state index contributed by atoms with van der Waals surface area (Å²) in [6, 6.07) is 5.68. The maximum atomic E-state index is 9.69. The SMILES string of the molecule is OCCN1C=Cc2c3[n-]c(c2=C1)=NC1=NC(=NC2=NC(=NC4=NC(=N3)c3c[n+](CCO)ccc34)c3c[n+](CCO)ccc32)c2c[n+](CCO)ccc21.[Co+2].[I-].[I-].[I-].[I-]. The third kappa shape index (κ3) is 8.91. The molecule has 16 nitrogen and oxygen atoms in total. The third-order valence-corrected chi connectivity index (χ3v) is 9.13. The van der Waals surface area contributed by atoms with Crippen LogP contribution in [-0.4, -0.2) is 93.3 Å². The molecule has 0 amide bonds. The summed E-state index contributed by atoms with van der Waals surface area (Å²) in [6.07, 6.45) is 16.9. The Morgan fingerprint density at radius 3 is 1.35 bits per heavy atom. The average Bonchev–Trinajstić information content (AvgIpc) is 3.87. The number of amidine groups is 6. The van der Waals surface area contributed by atoms with E-state index in [0.29, 0.717) is 94.4 Å². The van der Waals surface area contributed by atoms with Gasteiger partial charge in [-0.05, 0) is 11.6 Å². The molecule has 4 aromatic heterocycles. The van der Waals surface area contributed by atoms with Gasteiger partial charge in [0.25, 0.3) is 0 Å². The largest absolute Gasteiger partial charge is 2.00 e. The molecular weight excluding hydrogens is 1230 g/mol. The summed E-state index contributed by atoms with van der Waals surface area (Å²) < 4.78 is 5.59. The second kappa shape index (κ2) is 20.0. The van der Waals surface area contributed by atoms with Crippen molar-refractivity contribution in [2.24, 2.45) is 34.9 Å². The molecule has 297 valence electrons. The van der Waals surface area contributed by atoms with Crippen molar-refractivity contribution >= 4 is 53.1 Å². The average molecular weight is 1260 g/mol. The fourth-order valence-corrected chi connectivity index (χ4v) is 6.63. The molecule has 4 N–H and O–H groups in total. The van der Waals surface area contributed by atoms with Gasteiger partial charge >= 0.3 is 16.8 Å². The summed E-state index contributed by atoms with van der Waals surface area (Å²) in [6.45, 7) is 1.35. The van der Waals surface area contributed by atoms with Gasteiger partial charge in [-0.15, -0.1) is 0 Å². The van der Waals surface area contributed by atoms with Crippen molar-refractivity contribution in [3.05, 3.63) is 111 Å². The van der Waals surface area contributed by atoms with Crippen LogP contribution in [0.2, 0.25) is 0 Å². The minimum absolute atomic E-state index is 0. The number of pyridine rings is 3. The number of aliphatic hydroxyl groups is 4. The Kier molecular flexibility index (Phi) is 16.4. The van der Waals surface area contributed by atoms with Crippen LogP contribution in [0.1, 0.15) is 38.9 Å². The Hall–Kier alpha value is -2.77. The number of hydrogen-bond donors (Lipinski definition) is 4. The van der Waals surface area contributed by atoms with Gasteiger partial charge in [0.2, 0.25) is 0 Å². The van der Waals surface area contributed by atoms with E-state index in [1.165, 1.54) is 0 Å².